The minimum atomic E-state index is -1.67. The fraction of sp³-hybridized carbons (Fsp3) is 0.115. The summed E-state index contributed by atoms with van der Waals surface area (Å²) in [5.41, 5.74) is 1.61. The Morgan fingerprint density at radius 3 is 2.51 bits per heavy atom. The Balaban J connectivity index is 1.84. The van der Waals surface area contributed by atoms with Crippen molar-refractivity contribution in [1.82, 2.24) is 24.1 Å². The fourth-order valence-electron chi connectivity index (χ4n) is 4.20. The Morgan fingerprint density at radius 1 is 1.06 bits per heavy atom. The Bertz CT molecular complexity index is 1680. The molecule has 0 amide bonds. The highest BCUT2D eigenvalue weighted by molar-refractivity contribution is 6.30. The van der Waals surface area contributed by atoms with E-state index in [0.29, 0.717) is 44.3 Å². The van der Waals surface area contributed by atoms with E-state index in [1.807, 2.05) is 6.07 Å². The van der Waals surface area contributed by atoms with Crippen molar-refractivity contribution in [2.24, 2.45) is 14.1 Å². The summed E-state index contributed by atoms with van der Waals surface area (Å²) >= 11 is 6.11. The van der Waals surface area contributed by atoms with Gasteiger partial charge in [-0.25, -0.2) is 15.0 Å². The molecule has 1 unspecified atom stereocenters. The Labute approximate surface area is 205 Å². The summed E-state index contributed by atoms with van der Waals surface area (Å²) in [6.07, 6.45) is 3.18. The van der Waals surface area contributed by atoms with E-state index in [0.717, 1.165) is 0 Å². The summed E-state index contributed by atoms with van der Waals surface area (Å²) in [5.74, 6) is 0. The van der Waals surface area contributed by atoms with Crippen LogP contribution in [0.15, 0.2) is 78.0 Å². The van der Waals surface area contributed by atoms with E-state index in [2.05, 4.69) is 9.97 Å². The van der Waals surface area contributed by atoms with Crippen LogP contribution in [0.1, 0.15) is 22.6 Å². The van der Waals surface area contributed by atoms with Gasteiger partial charge in [0.25, 0.3) is 5.56 Å². The van der Waals surface area contributed by atoms with Gasteiger partial charge in [0.15, 0.2) is 5.60 Å². The van der Waals surface area contributed by atoms with Crippen molar-refractivity contribution < 1.29 is 5.11 Å². The van der Waals surface area contributed by atoms with Crippen molar-refractivity contribution in [1.29, 1.82) is 5.26 Å². The first-order valence-electron chi connectivity index (χ1n) is 10.7. The number of aliphatic hydroxyl groups is 1. The first-order chi connectivity index (χ1) is 16.8. The van der Waals surface area contributed by atoms with Gasteiger partial charge in [-0.2, -0.15) is 5.26 Å². The van der Waals surface area contributed by atoms with Crippen LogP contribution < -0.4 is 5.56 Å². The van der Waals surface area contributed by atoms with Gasteiger partial charge in [-0.05, 0) is 42.0 Å². The first-order valence-corrected chi connectivity index (χ1v) is 11.0. The highest BCUT2D eigenvalue weighted by atomic mass is 35.5. The second-order valence-electron chi connectivity index (χ2n) is 8.15. The molecule has 0 aliphatic carbocycles. The van der Waals surface area contributed by atoms with Gasteiger partial charge in [-0.1, -0.05) is 29.8 Å². The number of benzene rings is 1. The summed E-state index contributed by atoms with van der Waals surface area (Å²) in [6.45, 7) is 0. The van der Waals surface area contributed by atoms with Gasteiger partial charge in [0, 0.05) is 30.7 Å². The molecule has 0 spiro atoms. The molecule has 4 aromatic heterocycles. The molecule has 1 atom stereocenters. The number of hydrogen-bond donors (Lipinski definition) is 1. The predicted molar refractivity (Wildman–Crippen MR) is 132 cm³/mol. The highest BCUT2D eigenvalue weighted by Gasteiger charge is 2.38. The number of imidazole rings is 1. The fourth-order valence-corrected chi connectivity index (χ4v) is 4.32. The first kappa shape index (κ1) is 22.5. The average molecular weight is 483 g/mol. The van der Waals surface area contributed by atoms with E-state index in [1.165, 1.54) is 10.6 Å². The van der Waals surface area contributed by atoms with E-state index in [9.17, 15) is 15.2 Å². The van der Waals surface area contributed by atoms with Gasteiger partial charge in [-0.15, -0.1) is 0 Å². The third-order valence-electron chi connectivity index (χ3n) is 6.05. The maximum absolute atomic E-state index is 12.7. The van der Waals surface area contributed by atoms with Gasteiger partial charge < -0.3 is 14.2 Å². The van der Waals surface area contributed by atoms with Crippen LogP contribution in [0.3, 0.4) is 0 Å². The summed E-state index contributed by atoms with van der Waals surface area (Å²) in [7, 11) is 3.44. The van der Waals surface area contributed by atoms with Gasteiger partial charge in [0.1, 0.15) is 11.8 Å². The third kappa shape index (κ3) is 3.67. The number of hydrogen-bond acceptors (Lipinski definition) is 6. The smallest absolute Gasteiger partial charge is 0.251 e. The van der Waals surface area contributed by atoms with E-state index in [1.54, 1.807) is 85.8 Å². The summed E-state index contributed by atoms with van der Waals surface area (Å²) in [4.78, 5) is 26.1. The lowest BCUT2D eigenvalue weighted by Gasteiger charge is -2.29. The Hall–Kier alpha value is -4.32. The molecule has 8 nitrogen and oxygen atoms in total. The lowest BCUT2D eigenvalue weighted by atomic mass is 9.86. The van der Waals surface area contributed by atoms with E-state index >= 15 is 0 Å². The van der Waals surface area contributed by atoms with E-state index in [-0.39, 0.29) is 11.3 Å². The number of rotatable bonds is 4. The molecule has 0 saturated heterocycles. The van der Waals surface area contributed by atoms with Crippen LogP contribution >= 0.6 is 11.6 Å². The maximum Gasteiger partial charge on any atom is 0.251 e. The molecule has 5 rings (SSSR count). The van der Waals surface area contributed by atoms with Crippen LogP contribution in [0.5, 0.6) is 0 Å². The molecule has 4 heterocycles. The van der Waals surface area contributed by atoms with E-state index in [4.69, 9.17) is 16.6 Å². The minimum Gasteiger partial charge on any atom is -0.373 e. The molecule has 5 aromatic rings. The molecule has 0 bridgehead atoms. The maximum atomic E-state index is 12.7. The minimum absolute atomic E-state index is 0.222. The molecular weight excluding hydrogens is 464 g/mol. The van der Waals surface area contributed by atoms with Crippen LogP contribution in [0.4, 0.5) is 0 Å². The summed E-state index contributed by atoms with van der Waals surface area (Å²) in [5, 5.41) is 22.1. The number of halogens is 1. The highest BCUT2D eigenvalue weighted by Crippen LogP contribution is 2.37. The number of aryl methyl sites for hydroxylation is 2. The van der Waals surface area contributed by atoms with Crippen molar-refractivity contribution in [3.8, 4) is 17.3 Å². The van der Waals surface area contributed by atoms with Crippen LogP contribution in [0, 0.1) is 11.3 Å². The van der Waals surface area contributed by atoms with Gasteiger partial charge in [0.2, 0.25) is 0 Å². The Kier molecular flexibility index (Phi) is 5.44. The predicted octanol–water partition coefficient (Wildman–Crippen LogP) is 3.54. The molecule has 0 fully saturated rings. The van der Waals surface area contributed by atoms with Gasteiger partial charge in [-0.3, -0.25) is 4.79 Å². The van der Waals surface area contributed by atoms with Crippen molar-refractivity contribution >= 4 is 22.6 Å². The van der Waals surface area contributed by atoms with Crippen LogP contribution in [-0.2, 0) is 19.7 Å². The van der Waals surface area contributed by atoms with Crippen molar-refractivity contribution in [3.05, 3.63) is 111 Å². The summed E-state index contributed by atoms with van der Waals surface area (Å²) in [6, 6.07) is 18.8. The van der Waals surface area contributed by atoms with Crippen molar-refractivity contribution in [3.63, 3.8) is 0 Å². The lowest BCUT2D eigenvalue weighted by molar-refractivity contribution is 0.113. The molecule has 1 N–H and O–H groups in total. The van der Waals surface area contributed by atoms with Crippen LogP contribution in [-0.4, -0.2) is 29.2 Å². The number of pyridine rings is 3. The standard InChI is InChI=1S/C26H19ClN6O2/c1-32-15-29-14-23(32)26(35,16-6-8-17(27)9-7-16)22-11-10-21-25(31-22)19(12-24(34)33(21)2)20-5-3-4-18(13-28)30-20/h3-12,14-15,35H,1-2H3. The topological polar surface area (TPSA) is 110 Å². The monoisotopic (exact) mass is 482 g/mol. The largest absolute Gasteiger partial charge is 0.373 e. The molecule has 0 aliphatic rings. The molecule has 0 radical (unpaired) electrons. The van der Waals surface area contributed by atoms with Gasteiger partial charge in [0.05, 0.1) is 40.6 Å². The van der Waals surface area contributed by atoms with Crippen molar-refractivity contribution in [2.45, 2.75) is 5.60 Å². The molecule has 1 aromatic carbocycles. The SMILES string of the molecule is Cn1cncc1C(O)(c1ccc(Cl)cc1)c1ccc2c(n1)c(-c1cccc(C#N)n1)cc(=O)n2C. The second-order valence-corrected chi connectivity index (χ2v) is 8.58. The third-order valence-corrected chi connectivity index (χ3v) is 6.30. The van der Waals surface area contributed by atoms with Crippen LogP contribution in [0.2, 0.25) is 5.02 Å². The zero-order chi connectivity index (χ0) is 24.7. The molecule has 35 heavy (non-hydrogen) atoms. The second kappa shape index (κ2) is 8.47. The number of nitrogens with zero attached hydrogens (tertiary/aromatic N) is 6. The Morgan fingerprint density at radius 2 is 1.83 bits per heavy atom. The van der Waals surface area contributed by atoms with Crippen molar-refractivity contribution in [2.75, 3.05) is 0 Å². The van der Waals surface area contributed by atoms with Gasteiger partial charge >= 0.3 is 0 Å². The summed E-state index contributed by atoms with van der Waals surface area (Å²) < 4.78 is 3.20. The van der Waals surface area contributed by atoms with E-state index < -0.39 is 5.60 Å². The average Bonchev–Trinajstić information content (AvgIpc) is 3.32. The number of aromatic nitrogens is 5. The molecule has 0 saturated carbocycles. The quantitative estimate of drug-likeness (QED) is 0.419. The lowest BCUT2D eigenvalue weighted by Crippen LogP contribution is -2.32. The zero-order valence-corrected chi connectivity index (χ0v) is 19.6. The van der Waals surface area contributed by atoms with Crippen LogP contribution in [0.25, 0.3) is 22.3 Å². The zero-order valence-electron chi connectivity index (χ0n) is 18.8. The normalized spacial score (nSPS) is 12.9. The molecule has 9 heteroatoms. The molecule has 0 aliphatic heterocycles. The number of fused-ring (bicyclic) bond motifs is 1. The molecule has 172 valence electrons. The molecular formula is C26H19ClN6O2. The number of nitriles is 1.